The van der Waals surface area contributed by atoms with Crippen LogP contribution < -0.4 is 15.1 Å². The normalized spacial score (nSPS) is 19.3. The summed E-state index contributed by atoms with van der Waals surface area (Å²) in [7, 11) is -0.917. The summed E-state index contributed by atoms with van der Waals surface area (Å²) in [6, 6.07) is 29.3. The summed E-state index contributed by atoms with van der Waals surface area (Å²) in [6.45, 7) is 8.06. The molecular formula is C28H34O4Si. The predicted molar refractivity (Wildman–Crippen MR) is 135 cm³/mol. The van der Waals surface area contributed by atoms with Crippen LogP contribution in [0.4, 0.5) is 0 Å². The van der Waals surface area contributed by atoms with Crippen molar-refractivity contribution in [3.05, 3.63) is 90.5 Å². The second kappa shape index (κ2) is 10.2. The van der Waals surface area contributed by atoms with Crippen molar-refractivity contribution in [2.45, 2.75) is 44.6 Å². The van der Waals surface area contributed by atoms with Gasteiger partial charge in [-0.1, -0.05) is 93.6 Å². The zero-order valence-corrected chi connectivity index (χ0v) is 21.0. The minimum absolute atomic E-state index is 0.0347. The number of hydrogen-bond donors (Lipinski definition) is 0. The summed E-state index contributed by atoms with van der Waals surface area (Å²) in [4.78, 5) is 0. The van der Waals surface area contributed by atoms with Crippen LogP contribution in [0.15, 0.2) is 84.9 Å². The fraction of sp³-hybridized carbons (Fsp3) is 0.357. The zero-order chi connectivity index (χ0) is 23.3. The van der Waals surface area contributed by atoms with Gasteiger partial charge in [0.15, 0.2) is 6.29 Å². The van der Waals surface area contributed by atoms with Crippen LogP contribution in [0.25, 0.3) is 0 Å². The van der Waals surface area contributed by atoms with Crippen molar-refractivity contribution < 1.29 is 18.6 Å². The first-order valence-corrected chi connectivity index (χ1v) is 13.5. The molecule has 33 heavy (non-hydrogen) atoms. The average molecular weight is 463 g/mol. The lowest BCUT2D eigenvalue weighted by Crippen LogP contribution is -2.67. The lowest BCUT2D eigenvalue weighted by atomic mass is 10.2. The van der Waals surface area contributed by atoms with Crippen LogP contribution in [0.2, 0.25) is 5.04 Å². The third-order valence-electron chi connectivity index (χ3n) is 6.32. The van der Waals surface area contributed by atoms with E-state index in [9.17, 15) is 0 Å². The van der Waals surface area contributed by atoms with Crippen LogP contribution in [0, 0.1) is 0 Å². The molecule has 0 saturated carbocycles. The lowest BCUT2D eigenvalue weighted by Gasteiger charge is -2.44. The summed E-state index contributed by atoms with van der Waals surface area (Å²) in [5.74, 6) is 0.820. The molecule has 3 aromatic carbocycles. The van der Waals surface area contributed by atoms with Crippen molar-refractivity contribution in [2.24, 2.45) is 0 Å². The number of rotatable bonds is 7. The Labute approximate surface area is 198 Å². The van der Waals surface area contributed by atoms with Gasteiger partial charge in [-0.25, -0.2) is 0 Å². The van der Waals surface area contributed by atoms with E-state index < -0.39 is 14.6 Å². The molecule has 5 heteroatoms. The van der Waals surface area contributed by atoms with Gasteiger partial charge in [0.2, 0.25) is 0 Å². The van der Waals surface area contributed by atoms with Crippen molar-refractivity contribution in [3.63, 3.8) is 0 Å². The second-order valence-electron chi connectivity index (χ2n) is 9.50. The van der Waals surface area contributed by atoms with Crippen LogP contribution in [0.3, 0.4) is 0 Å². The van der Waals surface area contributed by atoms with Crippen LogP contribution in [-0.4, -0.2) is 34.7 Å². The minimum Gasteiger partial charge on any atom is -0.497 e. The van der Waals surface area contributed by atoms with Gasteiger partial charge in [0.1, 0.15) is 5.75 Å². The first kappa shape index (κ1) is 23.7. The van der Waals surface area contributed by atoms with Crippen molar-refractivity contribution in [2.75, 3.05) is 20.3 Å². The van der Waals surface area contributed by atoms with E-state index in [0.29, 0.717) is 13.2 Å². The average Bonchev–Trinajstić information content (AvgIpc) is 2.85. The highest BCUT2D eigenvalue weighted by Crippen LogP contribution is 2.37. The number of ether oxygens (including phenoxy) is 3. The Balaban J connectivity index is 1.59. The molecule has 1 aliphatic rings. The van der Waals surface area contributed by atoms with Crippen molar-refractivity contribution in [1.82, 2.24) is 0 Å². The van der Waals surface area contributed by atoms with Gasteiger partial charge in [0, 0.05) is 5.56 Å². The summed E-state index contributed by atoms with van der Waals surface area (Å²) in [5, 5.41) is 2.50. The van der Waals surface area contributed by atoms with E-state index in [-0.39, 0.29) is 11.1 Å². The molecule has 4 rings (SSSR count). The molecule has 1 saturated heterocycles. The SMILES string of the molecule is COc1ccc(C2OCCC(CO[Si](c3ccccc3)(c3ccccc3)C(C)(C)C)O2)cc1. The van der Waals surface area contributed by atoms with E-state index in [0.717, 1.165) is 17.7 Å². The lowest BCUT2D eigenvalue weighted by molar-refractivity contribution is -0.223. The third kappa shape index (κ3) is 5.07. The predicted octanol–water partition coefficient (Wildman–Crippen LogP) is 5.08. The maximum Gasteiger partial charge on any atom is 0.261 e. The van der Waals surface area contributed by atoms with Crippen molar-refractivity contribution in [1.29, 1.82) is 0 Å². The quantitative estimate of drug-likeness (QED) is 0.459. The molecule has 0 aliphatic carbocycles. The molecule has 2 unspecified atom stereocenters. The first-order chi connectivity index (χ1) is 15.9. The van der Waals surface area contributed by atoms with Gasteiger partial charge in [-0.05, 0) is 34.0 Å². The number of benzene rings is 3. The highest BCUT2D eigenvalue weighted by molar-refractivity contribution is 6.99. The fourth-order valence-corrected chi connectivity index (χ4v) is 9.22. The molecule has 0 aromatic heterocycles. The molecule has 1 aliphatic heterocycles. The number of hydrogen-bond acceptors (Lipinski definition) is 4. The van der Waals surface area contributed by atoms with E-state index in [2.05, 4.69) is 81.4 Å². The Morgan fingerprint density at radius 3 is 1.94 bits per heavy atom. The van der Waals surface area contributed by atoms with Crippen molar-refractivity contribution >= 4 is 18.7 Å². The zero-order valence-electron chi connectivity index (χ0n) is 20.0. The molecule has 0 amide bonds. The second-order valence-corrected chi connectivity index (χ2v) is 13.8. The van der Waals surface area contributed by atoms with Crippen LogP contribution in [-0.2, 0) is 13.9 Å². The van der Waals surface area contributed by atoms with E-state index in [1.807, 2.05) is 24.3 Å². The topological polar surface area (TPSA) is 36.9 Å². The minimum atomic E-state index is -2.58. The molecule has 0 bridgehead atoms. The van der Waals surface area contributed by atoms with Gasteiger partial charge in [-0.2, -0.15) is 0 Å². The van der Waals surface area contributed by atoms with Crippen LogP contribution in [0.1, 0.15) is 39.0 Å². The summed E-state index contributed by atoms with van der Waals surface area (Å²) < 4.78 is 24.6. The maximum atomic E-state index is 7.06. The molecule has 1 heterocycles. The van der Waals surface area contributed by atoms with Gasteiger partial charge in [0.05, 0.1) is 26.4 Å². The molecular weight excluding hydrogens is 428 g/mol. The Morgan fingerprint density at radius 2 is 1.42 bits per heavy atom. The molecule has 2 atom stereocenters. The Bertz CT molecular complexity index is 960. The molecule has 1 fully saturated rings. The molecule has 174 valence electrons. The summed E-state index contributed by atoms with van der Waals surface area (Å²) >= 11 is 0. The van der Waals surface area contributed by atoms with Crippen LogP contribution in [0.5, 0.6) is 5.75 Å². The maximum absolute atomic E-state index is 7.06. The summed E-state index contributed by atoms with van der Waals surface area (Å²) in [6.07, 6.45) is 0.384. The largest absolute Gasteiger partial charge is 0.497 e. The van der Waals surface area contributed by atoms with Gasteiger partial charge in [-0.15, -0.1) is 0 Å². The Kier molecular flexibility index (Phi) is 7.34. The smallest absolute Gasteiger partial charge is 0.261 e. The molecule has 0 spiro atoms. The highest BCUT2D eigenvalue weighted by Gasteiger charge is 2.50. The highest BCUT2D eigenvalue weighted by atomic mass is 28.4. The van der Waals surface area contributed by atoms with E-state index in [1.54, 1.807) is 7.11 Å². The number of methoxy groups -OCH3 is 1. The standard InChI is InChI=1S/C28H34O4Si/c1-28(2,3)33(25-11-7-5-8-12-25,26-13-9-6-10-14-26)31-21-24-19-20-30-27(32-24)22-15-17-23(29-4)18-16-22/h5-18,24,27H,19-21H2,1-4H3. The molecule has 4 nitrogen and oxygen atoms in total. The molecule has 3 aromatic rings. The third-order valence-corrected chi connectivity index (χ3v) is 11.3. The Hall–Kier alpha value is -2.44. The van der Waals surface area contributed by atoms with Gasteiger partial charge in [-0.3, -0.25) is 0 Å². The molecule has 0 radical (unpaired) electrons. The van der Waals surface area contributed by atoms with Gasteiger partial charge < -0.3 is 18.6 Å². The van der Waals surface area contributed by atoms with Gasteiger partial charge in [0.25, 0.3) is 8.32 Å². The fourth-order valence-electron chi connectivity index (χ4n) is 4.63. The van der Waals surface area contributed by atoms with Gasteiger partial charge >= 0.3 is 0 Å². The van der Waals surface area contributed by atoms with E-state index in [4.69, 9.17) is 18.6 Å². The summed E-state index contributed by atoms with van der Waals surface area (Å²) in [5.41, 5.74) is 0.992. The van der Waals surface area contributed by atoms with Crippen LogP contribution >= 0.6 is 0 Å². The monoisotopic (exact) mass is 462 g/mol. The molecule has 0 N–H and O–H groups in total. The van der Waals surface area contributed by atoms with E-state index in [1.165, 1.54) is 10.4 Å². The van der Waals surface area contributed by atoms with E-state index >= 15 is 0 Å². The Morgan fingerprint density at radius 1 is 0.848 bits per heavy atom. The first-order valence-electron chi connectivity index (χ1n) is 11.6. The van der Waals surface area contributed by atoms with Crippen molar-refractivity contribution in [3.8, 4) is 5.75 Å².